The smallest absolute Gasteiger partial charge is 0.328 e. The van der Waals surface area contributed by atoms with Gasteiger partial charge in [0.1, 0.15) is 30.2 Å². The number of benzene rings is 2. The number of nitrogens with one attached hydrogen (secondary N) is 7. The number of carboxylic acid groups (broad SMARTS) is 1. The van der Waals surface area contributed by atoms with Crippen LogP contribution in [0, 0.1) is 0 Å². The van der Waals surface area contributed by atoms with Crippen molar-refractivity contribution in [2.24, 2.45) is 0 Å². The third-order valence-electron chi connectivity index (χ3n) is 14.9. The molecule has 12 N–H and O–H groups in total. The van der Waals surface area contributed by atoms with Crippen molar-refractivity contribution >= 4 is 111 Å². The first-order valence-electron chi connectivity index (χ1n) is 29.4. The van der Waals surface area contributed by atoms with Gasteiger partial charge >= 0.3 is 23.9 Å². The Morgan fingerprint density at radius 1 is 0.670 bits per heavy atom. The molecule has 0 spiro atoms. The number of hydrogen-bond donors (Lipinski definition) is 10. The molecule has 6 rings (SSSR count). The lowest BCUT2D eigenvalue weighted by Gasteiger charge is -2.27. The Morgan fingerprint density at radius 3 is 1.76 bits per heavy atom. The van der Waals surface area contributed by atoms with Gasteiger partial charge in [-0.1, -0.05) is 31.7 Å². The van der Waals surface area contributed by atoms with Gasteiger partial charge in [-0.2, -0.15) is 9.97 Å². The highest BCUT2D eigenvalue weighted by Crippen LogP contribution is 2.32. The Kier molecular flexibility index (Phi) is 25.9. The molecule has 2 aromatic heterocycles. The van der Waals surface area contributed by atoms with E-state index in [1.807, 2.05) is 4.90 Å². The fourth-order valence-corrected chi connectivity index (χ4v) is 9.99. The summed E-state index contributed by atoms with van der Waals surface area (Å²) in [5.74, 6) is -9.85. The minimum atomic E-state index is -1.53. The van der Waals surface area contributed by atoms with Gasteiger partial charge < -0.3 is 67.6 Å². The summed E-state index contributed by atoms with van der Waals surface area (Å²) >= 11 is 0. The van der Waals surface area contributed by atoms with E-state index >= 15 is 0 Å². The molecule has 1 fully saturated rings. The molecule has 91 heavy (non-hydrogen) atoms. The molecule has 32 heteroatoms. The van der Waals surface area contributed by atoms with Crippen molar-refractivity contribution in [3.8, 4) is 0 Å². The fourth-order valence-electron chi connectivity index (χ4n) is 9.99. The quantitative estimate of drug-likeness (QED) is 0.0129. The number of amides is 9. The molecule has 488 valence electrons. The van der Waals surface area contributed by atoms with Gasteiger partial charge in [-0.25, -0.2) is 29.1 Å². The van der Waals surface area contributed by atoms with Crippen LogP contribution in [0.5, 0.6) is 0 Å². The zero-order chi connectivity index (χ0) is 66.3. The number of nitrogens with two attached hydrogens (primary N) is 2. The van der Waals surface area contributed by atoms with Crippen LogP contribution in [-0.2, 0) is 68.7 Å². The molecule has 4 aromatic rings. The Morgan fingerprint density at radius 2 is 1.21 bits per heavy atom. The molecule has 0 radical (unpaired) electrons. The van der Waals surface area contributed by atoms with Gasteiger partial charge in [0.15, 0.2) is 17.0 Å². The molecular formula is C59H75N15O17. The van der Waals surface area contributed by atoms with Gasteiger partial charge in [0.2, 0.25) is 41.4 Å². The Bertz CT molecular complexity index is 3390. The topological polar surface area (TPSA) is 464 Å². The van der Waals surface area contributed by atoms with E-state index in [0.29, 0.717) is 36.6 Å². The lowest BCUT2D eigenvalue weighted by Crippen LogP contribution is -2.54. The maximum atomic E-state index is 13.3. The number of carboxylic acids is 1. The SMILES string of the molecule is COC(=O)[C@H](CCC(=O)NCCCCCCCCNc1cccc2c1C(=O)N(C1CCC(=O)NC1=O)C2=O)NC(=O)CC[C@H](NC(=O)CC[C@H](NC(=O)CC[C@H](NC(=O)c1ccc(N(C)Cc2cnc3nc(N)nc(N)c3n2)cc1)C(=O)O)C(=O)OC)C(=O)OC. The van der Waals surface area contributed by atoms with E-state index in [1.54, 1.807) is 31.3 Å². The molecule has 32 nitrogen and oxygen atoms in total. The number of anilines is 4. The number of ether oxygens (including phenoxy) is 3. The average molecular weight is 1270 g/mol. The summed E-state index contributed by atoms with van der Waals surface area (Å²) in [6.07, 6.45) is 3.81. The van der Waals surface area contributed by atoms with Crippen molar-refractivity contribution in [1.82, 2.24) is 56.7 Å². The number of aliphatic carboxylic acids is 1. The highest BCUT2D eigenvalue weighted by Gasteiger charge is 2.45. The summed E-state index contributed by atoms with van der Waals surface area (Å²) in [6, 6.07) is 4.49. The molecule has 0 saturated carbocycles. The van der Waals surface area contributed by atoms with Crippen molar-refractivity contribution in [2.45, 2.75) is 139 Å². The van der Waals surface area contributed by atoms with Crippen LogP contribution in [0.3, 0.4) is 0 Å². The zero-order valence-electron chi connectivity index (χ0n) is 50.8. The first-order chi connectivity index (χ1) is 43.5. The van der Waals surface area contributed by atoms with Crippen molar-refractivity contribution in [2.75, 3.05) is 63.2 Å². The monoisotopic (exact) mass is 1270 g/mol. The molecule has 0 bridgehead atoms. The predicted molar refractivity (Wildman–Crippen MR) is 322 cm³/mol. The number of aromatic nitrogens is 4. The van der Waals surface area contributed by atoms with E-state index in [4.69, 9.17) is 25.7 Å². The van der Waals surface area contributed by atoms with Crippen LogP contribution in [0.25, 0.3) is 11.2 Å². The zero-order valence-corrected chi connectivity index (χ0v) is 50.8. The minimum absolute atomic E-state index is 0.0238. The maximum Gasteiger partial charge on any atom is 0.328 e. The molecule has 2 aliphatic rings. The normalized spacial score (nSPS) is 14.8. The fraction of sp³-hybridized carbons (Fsp3) is 0.475. The van der Waals surface area contributed by atoms with Gasteiger partial charge in [0, 0.05) is 69.2 Å². The van der Waals surface area contributed by atoms with Crippen LogP contribution < -0.4 is 53.6 Å². The van der Waals surface area contributed by atoms with Crippen LogP contribution in [0.15, 0.2) is 48.7 Å². The molecule has 4 heterocycles. The Labute approximate surface area is 521 Å². The summed E-state index contributed by atoms with van der Waals surface area (Å²) in [6.45, 7) is 1.16. The third-order valence-corrected chi connectivity index (χ3v) is 14.9. The van der Waals surface area contributed by atoms with Gasteiger partial charge in [-0.15, -0.1) is 0 Å². The van der Waals surface area contributed by atoms with Crippen LogP contribution in [0.2, 0.25) is 0 Å². The van der Waals surface area contributed by atoms with Crippen molar-refractivity contribution in [3.63, 3.8) is 0 Å². The van der Waals surface area contributed by atoms with Crippen LogP contribution >= 0.6 is 0 Å². The number of nitrogens with zero attached hydrogens (tertiary/aromatic N) is 6. The number of methoxy groups -OCH3 is 3. The van der Waals surface area contributed by atoms with Gasteiger partial charge in [0.05, 0.1) is 50.9 Å². The summed E-state index contributed by atoms with van der Waals surface area (Å²) in [4.78, 5) is 185. The lowest BCUT2D eigenvalue weighted by atomic mass is 10.0. The number of carbonyl (C=O) groups excluding carboxylic acids is 12. The number of esters is 3. The second-order valence-corrected chi connectivity index (χ2v) is 21.4. The first-order valence-corrected chi connectivity index (χ1v) is 29.4. The summed E-state index contributed by atoms with van der Waals surface area (Å²) in [5, 5.41) is 27.9. The average Bonchev–Trinajstić information content (AvgIpc) is 1.63. The predicted octanol–water partition coefficient (Wildman–Crippen LogP) is 0.468. The Balaban J connectivity index is 0.853. The van der Waals surface area contributed by atoms with E-state index in [-0.39, 0.29) is 90.6 Å². The highest BCUT2D eigenvalue weighted by atomic mass is 16.5. The molecule has 5 atom stereocenters. The van der Waals surface area contributed by atoms with Gasteiger partial charge in [0.25, 0.3) is 17.7 Å². The van der Waals surface area contributed by atoms with Gasteiger partial charge in [-0.05, 0) is 81.3 Å². The van der Waals surface area contributed by atoms with E-state index in [1.165, 1.54) is 24.4 Å². The number of hydrogen-bond acceptors (Lipinski definition) is 24. The maximum absolute atomic E-state index is 13.3. The number of imide groups is 2. The van der Waals surface area contributed by atoms with Crippen molar-refractivity contribution < 1.29 is 81.6 Å². The van der Waals surface area contributed by atoms with Crippen molar-refractivity contribution in [3.05, 3.63) is 71.0 Å². The Hall–Kier alpha value is -10.4. The molecule has 2 aromatic carbocycles. The van der Waals surface area contributed by atoms with E-state index in [0.717, 1.165) is 58.3 Å². The number of fused-ring (bicyclic) bond motifs is 2. The standard InChI is InChI=1S/C59H75N15O17/c1-73(31-33-30-64-50-48(65-33)49(60)71-59(61)72-50)34-16-14-32(15-17-34)51(80)69-37(55(84)85)18-24-43(76)67-39(57(87)90-3)20-26-45(78)68-40(58(88)91-4)21-25-44(77)66-38(56(86)89-2)19-23-42(75)63-29-10-8-6-5-7-9-28-62-36-13-11-12-35-47(36)54(83)74(53(35)82)41-22-27-46(79)70-52(41)81/h11-17,30,37-41,62H,5-10,18-29,31H2,1-4H3,(H,63,75)(H,66,77)(H,67,76)(H,68,78)(H,69,80)(H,84,85)(H,70,79,81)(H4,60,61,64,71,72)/t37-,38-,39-,40-,41?/m0/s1. The largest absolute Gasteiger partial charge is 0.480 e. The van der Waals surface area contributed by atoms with Crippen LogP contribution in [0.1, 0.15) is 140 Å². The number of rotatable bonds is 35. The summed E-state index contributed by atoms with van der Waals surface area (Å²) in [5.41, 5.74) is 14.3. The number of unbranched alkanes of at least 4 members (excludes halogenated alkanes) is 5. The van der Waals surface area contributed by atoms with E-state index in [2.05, 4.69) is 57.2 Å². The van der Waals surface area contributed by atoms with Crippen LogP contribution in [0.4, 0.5) is 23.1 Å². The number of piperidine rings is 1. The molecule has 1 unspecified atom stereocenters. The van der Waals surface area contributed by atoms with E-state index in [9.17, 15) is 67.4 Å². The lowest BCUT2D eigenvalue weighted by molar-refractivity contribution is -0.147. The second-order valence-electron chi connectivity index (χ2n) is 21.4. The minimum Gasteiger partial charge on any atom is -0.480 e. The van der Waals surface area contributed by atoms with Gasteiger partial charge in [-0.3, -0.25) is 53.4 Å². The first kappa shape index (κ1) is 69.7. The molecular weight excluding hydrogens is 1190 g/mol. The highest BCUT2D eigenvalue weighted by molar-refractivity contribution is 6.25. The van der Waals surface area contributed by atoms with Crippen LogP contribution in [-0.4, -0.2) is 179 Å². The number of carbonyl (C=O) groups is 13. The third kappa shape index (κ3) is 20.0. The molecule has 9 amide bonds. The van der Waals surface area contributed by atoms with Crippen molar-refractivity contribution in [1.29, 1.82) is 0 Å². The molecule has 0 aliphatic carbocycles. The summed E-state index contributed by atoms with van der Waals surface area (Å²) in [7, 11) is 4.97. The van der Waals surface area contributed by atoms with E-state index < -0.39 is 127 Å². The second kappa shape index (κ2) is 33.8. The number of nitrogen functional groups attached to an aromatic ring is 2. The molecule has 1 saturated heterocycles. The summed E-state index contributed by atoms with van der Waals surface area (Å²) < 4.78 is 14.4. The molecule has 2 aliphatic heterocycles.